The van der Waals surface area contributed by atoms with Crippen LogP contribution in [0.15, 0.2) is 36.0 Å². The SMILES string of the molecule is CCSC(=O)[C@@]1(Cc2nnsc2C(=O)O)CC[C@H]2[C@@H]3CCC4=Cc5c(cnn5-c5ccc(F)cc5)C[C@]4(C)[C@H]3[C@@H](O)C[C@@]21C. The average molecular weight is 637 g/mol. The van der Waals surface area contributed by atoms with Gasteiger partial charge < -0.3 is 10.2 Å². The van der Waals surface area contributed by atoms with Crippen LogP contribution in [0.3, 0.4) is 0 Å². The van der Waals surface area contributed by atoms with Crippen LogP contribution < -0.4 is 0 Å². The number of aromatic nitrogens is 4. The maximum atomic E-state index is 14.1. The van der Waals surface area contributed by atoms with Gasteiger partial charge in [0.05, 0.1) is 34.8 Å². The van der Waals surface area contributed by atoms with Gasteiger partial charge in [-0.15, -0.1) is 5.10 Å². The number of rotatable bonds is 6. The topological polar surface area (TPSA) is 118 Å². The molecule has 0 radical (unpaired) electrons. The van der Waals surface area contributed by atoms with Gasteiger partial charge in [0.25, 0.3) is 0 Å². The minimum Gasteiger partial charge on any atom is -0.477 e. The van der Waals surface area contributed by atoms with E-state index in [1.807, 2.05) is 17.8 Å². The number of carboxylic acid groups (broad SMARTS) is 1. The third kappa shape index (κ3) is 4.21. The fourth-order valence-corrected chi connectivity index (χ4v) is 11.3. The predicted octanol–water partition coefficient (Wildman–Crippen LogP) is 6.22. The largest absolute Gasteiger partial charge is 0.477 e. The summed E-state index contributed by atoms with van der Waals surface area (Å²) in [4.78, 5) is 26.2. The van der Waals surface area contributed by atoms with E-state index < -0.39 is 22.9 Å². The lowest BCUT2D eigenvalue weighted by atomic mass is 9.44. The van der Waals surface area contributed by atoms with Crippen molar-refractivity contribution < 1.29 is 24.2 Å². The molecule has 44 heavy (non-hydrogen) atoms. The Morgan fingerprint density at radius 3 is 2.70 bits per heavy atom. The summed E-state index contributed by atoms with van der Waals surface area (Å²) in [5.41, 5.74) is 3.07. The zero-order valence-corrected chi connectivity index (χ0v) is 26.8. The van der Waals surface area contributed by atoms with Crippen LogP contribution >= 0.6 is 23.3 Å². The minimum absolute atomic E-state index is 0.0307. The number of carbonyl (C=O) groups is 2. The second-order valence-electron chi connectivity index (χ2n) is 13.6. The Balaban J connectivity index is 1.24. The summed E-state index contributed by atoms with van der Waals surface area (Å²) in [5.74, 6) is -0.232. The van der Waals surface area contributed by atoms with Gasteiger partial charge in [0, 0.05) is 6.42 Å². The van der Waals surface area contributed by atoms with Gasteiger partial charge in [-0.25, -0.2) is 13.9 Å². The number of benzene rings is 1. The van der Waals surface area contributed by atoms with Crippen LogP contribution in [-0.4, -0.2) is 52.5 Å². The fourth-order valence-electron chi connectivity index (χ4n) is 9.83. The van der Waals surface area contributed by atoms with Crippen LogP contribution in [0.5, 0.6) is 0 Å². The van der Waals surface area contributed by atoms with E-state index in [0.29, 0.717) is 24.3 Å². The number of carbonyl (C=O) groups excluding carboxylic acids is 1. The van der Waals surface area contributed by atoms with Crippen LogP contribution in [0, 0.1) is 39.8 Å². The van der Waals surface area contributed by atoms with Gasteiger partial charge in [0.1, 0.15) is 5.82 Å². The molecule has 7 atom stereocenters. The van der Waals surface area contributed by atoms with Crippen molar-refractivity contribution in [3.8, 4) is 5.69 Å². The number of hydrogen-bond acceptors (Lipinski definition) is 8. The number of carboxylic acids is 1. The fraction of sp³-hybridized carbons (Fsp3) is 0.545. The number of fused-ring (bicyclic) bond motifs is 6. The van der Waals surface area contributed by atoms with Crippen LogP contribution in [0.4, 0.5) is 4.39 Å². The third-order valence-electron chi connectivity index (χ3n) is 11.7. The van der Waals surface area contributed by atoms with Gasteiger partial charge in [-0.1, -0.05) is 42.6 Å². The molecule has 0 spiro atoms. The predicted molar refractivity (Wildman–Crippen MR) is 167 cm³/mol. The highest BCUT2D eigenvalue weighted by molar-refractivity contribution is 8.13. The summed E-state index contributed by atoms with van der Waals surface area (Å²) < 4.78 is 19.4. The molecule has 0 aliphatic heterocycles. The third-order valence-corrected chi connectivity index (χ3v) is 13.4. The maximum absolute atomic E-state index is 14.1. The monoisotopic (exact) mass is 636 g/mol. The van der Waals surface area contributed by atoms with Crippen molar-refractivity contribution in [2.24, 2.45) is 34.0 Å². The lowest BCUT2D eigenvalue weighted by Crippen LogP contribution is -2.59. The second kappa shape index (κ2) is 10.6. The summed E-state index contributed by atoms with van der Waals surface area (Å²) in [5, 5.41) is 30.9. The quantitative estimate of drug-likeness (QED) is 0.327. The molecule has 3 fully saturated rings. The molecule has 232 valence electrons. The molecule has 0 bridgehead atoms. The molecule has 1 aromatic carbocycles. The molecule has 8 nitrogen and oxygen atoms in total. The van der Waals surface area contributed by atoms with Gasteiger partial charge in [0.2, 0.25) is 0 Å². The normalized spacial score (nSPS) is 34.0. The minimum atomic E-state index is -1.07. The van der Waals surface area contributed by atoms with Crippen LogP contribution in [0.25, 0.3) is 11.8 Å². The van der Waals surface area contributed by atoms with Gasteiger partial charge in [-0.05, 0) is 120 Å². The first kappa shape index (κ1) is 29.8. The van der Waals surface area contributed by atoms with E-state index >= 15 is 0 Å². The zero-order valence-electron chi connectivity index (χ0n) is 25.1. The highest BCUT2D eigenvalue weighted by atomic mass is 32.2. The lowest BCUT2D eigenvalue weighted by molar-refractivity contribution is -0.153. The zero-order chi connectivity index (χ0) is 31.0. The Bertz CT molecular complexity index is 1670. The first-order valence-corrected chi connectivity index (χ1v) is 17.2. The molecular formula is C33H37FN4O4S2. The Hall–Kier alpha value is -2.89. The van der Waals surface area contributed by atoms with E-state index in [2.05, 4.69) is 34.6 Å². The van der Waals surface area contributed by atoms with Crippen LogP contribution in [0.2, 0.25) is 0 Å². The van der Waals surface area contributed by atoms with Gasteiger partial charge in [0.15, 0.2) is 9.99 Å². The smallest absolute Gasteiger partial charge is 0.349 e. The molecule has 2 heterocycles. The molecule has 0 amide bonds. The molecule has 0 saturated heterocycles. The standard InChI is InChI=1S/C33H37FN4O4S2/c1-4-43-30(42)33(15-24-28(29(40)41)44-37-36-24)12-11-23-22-10-5-19-13-25-18(17-35-38(25)21-8-6-20(34)7-9-21)14-31(19,2)27(22)26(39)16-32(23,33)3/h6-9,13,17,22-23,26-27,39H,4-5,10-12,14-16H2,1-3H3,(H,40,41)/t22-,23-,26-,27+,31-,32-,33-/m0/s1. The number of hydrogen-bond donors (Lipinski definition) is 2. The van der Waals surface area contributed by atoms with E-state index in [1.54, 1.807) is 12.1 Å². The van der Waals surface area contributed by atoms with E-state index in [0.717, 1.165) is 54.2 Å². The molecule has 3 saturated carbocycles. The van der Waals surface area contributed by atoms with Crippen molar-refractivity contribution in [3.05, 3.63) is 63.7 Å². The van der Waals surface area contributed by atoms with E-state index in [4.69, 9.17) is 0 Å². The number of allylic oxidation sites excluding steroid dienone is 1. The average Bonchev–Trinajstić information content (AvgIpc) is 3.68. The summed E-state index contributed by atoms with van der Waals surface area (Å²) >= 11 is 2.17. The highest BCUT2D eigenvalue weighted by Gasteiger charge is 2.68. The van der Waals surface area contributed by atoms with E-state index in [9.17, 15) is 24.2 Å². The van der Waals surface area contributed by atoms with Crippen LogP contribution in [-0.2, 0) is 17.6 Å². The molecule has 4 aliphatic carbocycles. The lowest BCUT2D eigenvalue weighted by Gasteiger charge is -2.61. The summed E-state index contributed by atoms with van der Waals surface area (Å²) in [6, 6.07) is 6.37. The Morgan fingerprint density at radius 2 is 1.98 bits per heavy atom. The summed E-state index contributed by atoms with van der Waals surface area (Å²) in [7, 11) is 0. The second-order valence-corrected chi connectivity index (χ2v) is 15.6. The number of aliphatic hydroxyl groups is 1. The van der Waals surface area contributed by atoms with E-state index in [1.165, 1.54) is 29.5 Å². The Morgan fingerprint density at radius 1 is 1.20 bits per heavy atom. The maximum Gasteiger partial charge on any atom is 0.349 e. The van der Waals surface area contributed by atoms with Crippen molar-refractivity contribution >= 4 is 40.5 Å². The molecule has 11 heteroatoms. The number of nitrogens with zero attached hydrogens (tertiary/aromatic N) is 4. The van der Waals surface area contributed by atoms with Crippen molar-refractivity contribution in [1.29, 1.82) is 0 Å². The van der Waals surface area contributed by atoms with Crippen molar-refractivity contribution in [1.82, 2.24) is 19.4 Å². The summed E-state index contributed by atoms with van der Waals surface area (Å²) in [6.07, 6.45) is 8.36. The number of aromatic carboxylic acids is 1. The van der Waals surface area contributed by atoms with Gasteiger partial charge in [-0.3, -0.25) is 4.79 Å². The first-order chi connectivity index (χ1) is 21.0. The van der Waals surface area contributed by atoms with Crippen molar-refractivity contribution in [2.45, 2.75) is 71.8 Å². The van der Waals surface area contributed by atoms with Gasteiger partial charge >= 0.3 is 5.97 Å². The van der Waals surface area contributed by atoms with Crippen molar-refractivity contribution in [2.75, 3.05) is 5.75 Å². The molecule has 7 rings (SSSR count). The first-order valence-electron chi connectivity index (χ1n) is 15.5. The summed E-state index contributed by atoms with van der Waals surface area (Å²) in [6.45, 7) is 6.44. The van der Waals surface area contributed by atoms with Crippen molar-refractivity contribution in [3.63, 3.8) is 0 Å². The molecular weight excluding hydrogens is 600 g/mol. The molecule has 4 aliphatic rings. The Labute approximate surface area is 264 Å². The molecule has 2 N–H and O–H groups in total. The molecule has 3 aromatic rings. The number of aliphatic hydroxyl groups excluding tert-OH is 1. The molecule has 2 aromatic heterocycles. The number of thioether (sulfide) groups is 1. The highest BCUT2D eigenvalue weighted by Crippen LogP contribution is 2.71. The Kier molecular flexibility index (Phi) is 7.17. The number of halogens is 1. The van der Waals surface area contributed by atoms with Crippen LogP contribution in [0.1, 0.15) is 79.5 Å². The van der Waals surface area contributed by atoms with E-state index in [-0.39, 0.29) is 45.4 Å². The van der Waals surface area contributed by atoms with Gasteiger partial charge in [-0.2, -0.15) is 5.10 Å². The molecule has 0 unspecified atom stereocenters.